The van der Waals surface area contributed by atoms with Crippen LogP contribution >= 0.6 is 11.8 Å². The van der Waals surface area contributed by atoms with Gasteiger partial charge in [0.1, 0.15) is 0 Å². The topological polar surface area (TPSA) is 37.3 Å². The highest BCUT2D eigenvalue weighted by molar-refractivity contribution is 7.99. The number of carboxylic acids is 1. The van der Waals surface area contributed by atoms with E-state index in [0.29, 0.717) is 0 Å². The maximum Gasteiger partial charge on any atom is 0.307 e. The fraction of sp³-hybridized carbons (Fsp3) is 0.357. The lowest BCUT2D eigenvalue weighted by molar-refractivity contribution is -0.136. The molecule has 0 bridgehead atoms. The monoisotopic (exact) mass is 250 g/mol. The van der Waals surface area contributed by atoms with Crippen LogP contribution in [-0.4, -0.2) is 16.8 Å². The fourth-order valence-corrected chi connectivity index (χ4v) is 2.29. The van der Waals surface area contributed by atoms with E-state index in [1.165, 1.54) is 10.5 Å². The predicted octanol–water partition coefficient (Wildman–Crippen LogP) is 3.90. The van der Waals surface area contributed by atoms with Crippen LogP contribution in [0, 0.1) is 6.92 Å². The van der Waals surface area contributed by atoms with Gasteiger partial charge >= 0.3 is 5.97 Å². The summed E-state index contributed by atoms with van der Waals surface area (Å²) < 4.78 is 0. The maximum absolute atomic E-state index is 10.6. The predicted molar refractivity (Wildman–Crippen MR) is 72.5 cm³/mol. The summed E-state index contributed by atoms with van der Waals surface area (Å²) in [4.78, 5) is 11.8. The number of aryl methyl sites for hydroxylation is 1. The zero-order chi connectivity index (χ0) is 12.8. The molecule has 0 aliphatic heterocycles. The molecule has 92 valence electrons. The van der Waals surface area contributed by atoms with Crippen LogP contribution in [0.2, 0.25) is 0 Å². The van der Waals surface area contributed by atoms with Crippen molar-refractivity contribution in [1.29, 1.82) is 0 Å². The number of rotatable bonds is 5. The van der Waals surface area contributed by atoms with Crippen molar-refractivity contribution in [3.05, 3.63) is 41.0 Å². The van der Waals surface area contributed by atoms with Gasteiger partial charge < -0.3 is 5.11 Å². The van der Waals surface area contributed by atoms with E-state index in [9.17, 15) is 4.79 Å². The van der Waals surface area contributed by atoms with Gasteiger partial charge in [-0.05, 0) is 32.9 Å². The Morgan fingerprint density at radius 1 is 1.18 bits per heavy atom. The van der Waals surface area contributed by atoms with E-state index >= 15 is 0 Å². The van der Waals surface area contributed by atoms with E-state index in [1.54, 1.807) is 11.8 Å². The second kappa shape index (κ2) is 6.50. The Hall–Kier alpha value is -1.22. The van der Waals surface area contributed by atoms with Gasteiger partial charge in [-0.1, -0.05) is 28.8 Å². The van der Waals surface area contributed by atoms with Crippen molar-refractivity contribution in [3.8, 4) is 0 Å². The quantitative estimate of drug-likeness (QED) is 0.636. The molecular weight excluding hydrogens is 232 g/mol. The summed E-state index contributed by atoms with van der Waals surface area (Å²) in [5.41, 5.74) is 3.36. The molecule has 1 aromatic rings. The van der Waals surface area contributed by atoms with Crippen molar-refractivity contribution < 1.29 is 9.90 Å². The Morgan fingerprint density at radius 3 is 2.29 bits per heavy atom. The average Bonchev–Trinajstić information content (AvgIpc) is 2.27. The molecule has 0 aromatic heterocycles. The van der Waals surface area contributed by atoms with Gasteiger partial charge in [0.05, 0.1) is 6.42 Å². The molecule has 1 aromatic carbocycles. The molecule has 0 saturated heterocycles. The number of hydrogen-bond donors (Lipinski definition) is 1. The highest BCUT2D eigenvalue weighted by Crippen LogP contribution is 2.22. The SMILES string of the molecule is C/C(CSc1ccc(C)cc1)=C(/C)CC(=O)O. The summed E-state index contributed by atoms with van der Waals surface area (Å²) in [6.07, 6.45) is 0.139. The highest BCUT2D eigenvalue weighted by Gasteiger charge is 2.03. The minimum Gasteiger partial charge on any atom is -0.481 e. The summed E-state index contributed by atoms with van der Waals surface area (Å²) in [6, 6.07) is 8.37. The third kappa shape index (κ3) is 5.09. The number of benzene rings is 1. The summed E-state index contributed by atoms with van der Waals surface area (Å²) in [6.45, 7) is 5.95. The zero-order valence-electron chi connectivity index (χ0n) is 10.5. The van der Waals surface area contributed by atoms with Gasteiger partial charge in [0, 0.05) is 10.6 Å². The second-order valence-corrected chi connectivity index (χ2v) is 5.28. The molecule has 0 heterocycles. The summed E-state index contributed by atoms with van der Waals surface area (Å²) >= 11 is 1.74. The normalized spacial score (nSPS) is 12.2. The first kappa shape index (κ1) is 13.8. The molecule has 17 heavy (non-hydrogen) atoms. The average molecular weight is 250 g/mol. The van der Waals surface area contributed by atoms with Crippen LogP contribution in [0.3, 0.4) is 0 Å². The molecule has 0 aliphatic rings. The molecule has 0 fully saturated rings. The lowest BCUT2D eigenvalue weighted by atomic mass is 10.1. The van der Waals surface area contributed by atoms with E-state index in [2.05, 4.69) is 31.2 Å². The standard InChI is InChI=1S/C14H18O2S/c1-10-4-6-13(7-5-10)17-9-12(3)11(2)8-14(15)16/h4-7H,8-9H2,1-3H3,(H,15,16)/b12-11+. The fourth-order valence-electron chi connectivity index (χ4n) is 1.33. The first-order valence-electron chi connectivity index (χ1n) is 5.55. The third-order valence-corrected chi connectivity index (χ3v) is 3.80. The first-order valence-corrected chi connectivity index (χ1v) is 6.54. The van der Waals surface area contributed by atoms with Crippen LogP contribution < -0.4 is 0 Å². The Balaban J connectivity index is 2.55. The van der Waals surface area contributed by atoms with Crippen molar-refractivity contribution in [2.45, 2.75) is 32.1 Å². The van der Waals surface area contributed by atoms with E-state index in [-0.39, 0.29) is 6.42 Å². The molecule has 0 spiro atoms. The molecular formula is C14H18O2S. The van der Waals surface area contributed by atoms with Crippen molar-refractivity contribution in [2.75, 3.05) is 5.75 Å². The van der Waals surface area contributed by atoms with Gasteiger partial charge in [0.15, 0.2) is 0 Å². The lowest BCUT2D eigenvalue weighted by Crippen LogP contribution is -1.98. The van der Waals surface area contributed by atoms with Crippen molar-refractivity contribution in [1.82, 2.24) is 0 Å². The van der Waals surface area contributed by atoms with Crippen LogP contribution in [0.5, 0.6) is 0 Å². The van der Waals surface area contributed by atoms with E-state index in [1.807, 2.05) is 13.8 Å². The molecule has 0 unspecified atom stereocenters. The number of carboxylic acid groups (broad SMARTS) is 1. The number of thioether (sulfide) groups is 1. The minimum absolute atomic E-state index is 0.139. The molecule has 2 nitrogen and oxygen atoms in total. The smallest absolute Gasteiger partial charge is 0.307 e. The Kier molecular flexibility index (Phi) is 5.29. The van der Waals surface area contributed by atoms with Gasteiger partial charge in [-0.3, -0.25) is 4.79 Å². The van der Waals surface area contributed by atoms with Gasteiger partial charge in [0.25, 0.3) is 0 Å². The van der Waals surface area contributed by atoms with E-state index < -0.39 is 5.97 Å². The number of hydrogen-bond acceptors (Lipinski definition) is 2. The van der Waals surface area contributed by atoms with Gasteiger partial charge in [-0.2, -0.15) is 0 Å². The van der Waals surface area contributed by atoms with Crippen LogP contribution in [0.1, 0.15) is 25.8 Å². The van der Waals surface area contributed by atoms with Crippen LogP contribution in [-0.2, 0) is 4.79 Å². The zero-order valence-corrected chi connectivity index (χ0v) is 11.3. The molecule has 0 aliphatic carbocycles. The molecule has 1 rings (SSSR count). The molecule has 0 saturated carbocycles. The van der Waals surface area contributed by atoms with Crippen molar-refractivity contribution in [3.63, 3.8) is 0 Å². The molecule has 1 N–H and O–H groups in total. The second-order valence-electron chi connectivity index (χ2n) is 4.23. The van der Waals surface area contributed by atoms with E-state index in [4.69, 9.17) is 5.11 Å². The highest BCUT2D eigenvalue weighted by atomic mass is 32.2. The summed E-state index contributed by atoms with van der Waals surface area (Å²) in [5.74, 6) is 0.0875. The van der Waals surface area contributed by atoms with Crippen molar-refractivity contribution >= 4 is 17.7 Å². The summed E-state index contributed by atoms with van der Waals surface area (Å²) in [7, 11) is 0. The first-order chi connectivity index (χ1) is 7.99. The lowest BCUT2D eigenvalue weighted by Gasteiger charge is -2.06. The molecule has 0 amide bonds. The maximum atomic E-state index is 10.6. The molecule has 0 atom stereocenters. The summed E-state index contributed by atoms with van der Waals surface area (Å²) in [5, 5.41) is 8.71. The third-order valence-electron chi connectivity index (χ3n) is 2.62. The van der Waals surface area contributed by atoms with Crippen LogP contribution in [0.15, 0.2) is 40.3 Å². The van der Waals surface area contributed by atoms with Gasteiger partial charge in [-0.25, -0.2) is 0 Å². The Morgan fingerprint density at radius 2 is 1.76 bits per heavy atom. The van der Waals surface area contributed by atoms with Gasteiger partial charge in [-0.15, -0.1) is 11.8 Å². The number of aliphatic carboxylic acids is 1. The Labute approximate surface area is 107 Å². The minimum atomic E-state index is -0.762. The van der Waals surface area contributed by atoms with Gasteiger partial charge in [0.2, 0.25) is 0 Å². The van der Waals surface area contributed by atoms with Crippen LogP contribution in [0.25, 0.3) is 0 Å². The van der Waals surface area contributed by atoms with Crippen molar-refractivity contribution in [2.24, 2.45) is 0 Å². The largest absolute Gasteiger partial charge is 0.481 e. The molecule has 3 heteroatoms. The number of carbonyl (C=O) groups is 1. The molecule has 0 radical (unpaired) electrons. The Bertz CT molecular complexity index is 418. The van der Waals surface area contributed by atoms with Crippen LogP contribution in [0.4, 0.5) is 0 Å². The van der Waals surface area contributed by atoms with E-state index in [0.717, 1.165) is 16.9 Å².